The predicted molar refractivity (Wildman–Crippen MR) is 82.9 cm³/mol. The highest BCUT2D eigenvalue weighted by Crippen LogP contribution is 2.52. The van der Waals surface area contributed by atoms with Gasteiger partial charge in [0.1, 0.15) is 0 Å². The van der Waals surface area contributed by atoms with Gasteiger partial charge in [0.2, 0.25) is 11.8 Å². The van der Waals surface area contributed by atoms with Crippen molar-refractivity contribution in [1.82, 2.24) is 10.4 Å². The van der Waals surface area contributed by atoms with Crippen LogP contribution in [0.15, 0.2) is 30.4 Å². The molecule has 114 valence electrons. The van der Waals surface area contributed by atoms with E-state index in [0.29, 0.717) is 16.6 Å². The molecule has 4 nitrogen and oxygen atoms in total. The van der Waals surface area contributed by atoms with Gasteiger partial charge in [-0.2, -0.15) is 0 Å². The molecule has 3 aliphatic rings. The highest BCUT2D eigenvalue weighted by atomic mass is 35.5. The molecule has 6 heteroatoms. The summed E-state index contributed by atoms with van der Waals surface area (Å²) in [6, 6.07) is 5.25. The number of hydrogen-bond donors (Lipinski definition) is 1. The Morgan fingerprint density at radius 2 is 1.68 bits per heavy atom. The van der Waals surface area contributed by atoms with Gasteiger partial charge in [-0.1, -0.05) is 41.4 Å². The molecule has 1 saturated carbocycles. The van der Waals surface area contributed by atoms with Gasteiger partial charge in [-0.3, -0.25) is 9.59 Å². The van der Waals surface area contributed by atoms with Gasteiger partial charge < -0.3 is 0 Å². The molecule has 1 aliphatic heterocycles. The van der Waals surface area contributed by atoms with E-state index in [-0.39, 0.29) is 35.5 Å². The van der Waals surface area contributed by atoms with Crippen molar-refractivity contribution in [3.05, 3.63) is 46.0 Å². The van der Waals surface area contributed by atoms with Crippen LogP contribution in [0.3, 0.4) is 0 Å². The van der Waals surface area contributed by atoms with Gasteiger partial charge in [0.05, 0.1) is 21.9 Å². The molecular weight excluding hydrogens is 323 g/mol. The lowest BCUT2D eigenvalue weighted by atomic mass is 9.85. The van der Waals surface area contributed by atoms with Gasteiger partial charge in [0.15, 0.2) is 0 Å². The zero-order chi connectivity index (χ0) is 15.4. The first-order valence-corrected chi connectivity index (χ1v) is 8.05. The predicted octanol–water partition coefficient (Wildman–Crippen LogP) is 2.81. The largest absolute Gasteiger partial charge is 0.273 e. The number of carbonyl (C=O) groups is 2. The number of amides is 2. The minimum absolute atomic E-state index is 0.105. The van der Waals surface area contributed by atoms with Crippen LogP contribution in [-0.4, -0.2) is 16.8 Å². The molecule has 4 atom stereocenters. The minimum atomic E-state index is -0.177. The Labute approximate surface area is 138 Å². The topological polar surface area (TPSA) is 49.4 Å². The summed E-state index contributed by atoms with van der Waals surface area (Å²) in [4.78, 5) is 25.0. The van der Waals surface area contributed by atoms with Crippen molar-refractivity contribution < 1.29 is 9.59 Å². The van der Waals surface area contributed by atoms with E-state index in [2.05, 4.69) is 17.6 Å². The van der Waals surface area contributed by atoms with Crippen molar-refractivity contribution >= 4 is 35.0 Å². The van der Waals surface area contributed by atoms with Crippen LogP contribution in [0.25, 0.3) is 0 Å². The van der Waals surface area contributed by atoms with E-state index >= 15 is 0 Å². The average molecular weight is 337 g/mol. The Bertz CT molecular complexity index is 673. The Hall–Kier alpha value is -1.36. The molecule has 1 saturated heterocycles. The standard InChI is InChI=1S/C16H14Cl2N2O2/c17-11-4-1-8(5-12(11)18)7-19-20-15(21)13-9-2-3-10(6-9)14(13)16(20)22/h1-5,9-10,13-14,19H,6-7H2. The summed E-state index contributed by atoms with van der Waals surface area (Å²) in [7, 11) is 0. The molecule has 1 aromatic rings. The lowest BCUT2D eigenvalue weighted by molar-refractivity contribution is -0.144. The number of hydrogen-bond acceptors (Lipinski definition) is 3. The summed E-state index contributed by atoms with van der Waals surface area (Å²) < 4.78 is 0. The average Bonchev–Trinajstić information content (AvgIpc) is 3.16. The van der Waals surface area contributed by atoms with Gasteiger partial charge in [-0.15, -0.1) is 0 Å². The van der Waals surface area contributed by atoms with Crippen molar-refractivity contribution in [2.75, 3.05) is 0 Å². The first-order valence-electron chi connectivity index (χ1n) is 7.30. The number of fused-ring (bicyclic) bond motifs is 5. The summed E-state index contributed by atoms with van der Waals surface area (Å²) in [5.41, 5.74) is 3.82. The second-order valence-corrected chi connectivity index (χ2v) is 6.91. The maximum atomic E-state index is 12.5. The van der Waals surface area contributed by atoms with E-state index in [1.165, 1.54) is 5.01 Å². The van der Waals surface area contributed by atoms with Gasteiger partial charge >= 0.3 is 0 Å². The van der Waals surface area contributed by atoms with E-state index in [1.807, 2.05) is 6.07 Å². The summed E-state index contributed by atoms with van der Waals surface area (Å²) in [6.07, 6.45) is 5.10. The molecule has 2 aliphatic carbocycles. The number of nitrogens with one attached hydrogen (secondary N) is 1. The molecule has 2 bridgehead atoms. The molecule has 4 rings (SSSR count). The third-order valence-corrected chi connectivity index (χ3v) is 5.63. The maximum Gasteiger partial charge on any atom is 0.248 e. The SMILES string of the molecule is O=C1C2C3C=CC(C3)C2C(=O)N1NCc1ccc(Cl)c(Cl)c1. The highest BCUT2D eigenvalue weighted by Gasteiger charge is 2.59. The molecule has 0 spiro atoms. The third-order valence-electron chi connectivity index (χ3n) is 4.90. The summed E-state index contributed by atoms with van der Waals surface area (Å²) >= 11 is 11.9. The highest BCUT2D eigenvalue weighted by molar-refractivity contribution is 6.42. The summed E-state index contributed by atoms with van der Waals surface area (Å²) in [5.74, 6) is -0.113. The fourth-order valence-electron chi connectivity index (χ4n) is 3.88. The summed E-state index contributed by atoms with van der Waals surface area (Å²) in [6.45, 7) is 0.358. The van der Waals surface area contributed by atoms with E-state index < -0.39 is 0 Å². The van der Waals surface area contributed by atoms with E-state index in [9.17, 15) is 9.59 Å². The molecule has 1 N–H and O–H groups in total. The fraction of sp³-hybridized carbons (Fsp3) is 0.375. The van der Waals surface area contributed by atoms with Gasteiger partial charge in [-0.05, 0) is 36.0 Å². The van der Waals surface area contributed by atoms with Crippen LogP contribution in [0.2, 0.25) is 10.0 Å². The van der Waals surface area contributed by atoms with Gasteiger partial charge in [0.25, 0.3) is 0 Å². The molecule has 2 amide bonds. The Morgan fingerprint density at radius 3 is 2.27 bits per heavy atom. The van der Waals surface area contributed by atoms with E-state index in [0.717, 1.165) is 12.0 Å². The Kier molecular flexibility index (Phi) is 3.29. The van der Waals surface area contributed by atoms with Crippen LogP contribution in [-0.2, 0) is 16.1 Å². The Morgan fingerprint density at radius 1 is 1.05 bits per heavy atom. The van der Waals surface area contributed by atoms with Crippen LogP contribution in [0.1, 0.15) is 12.0 Å². The molecule has 0 aromatic heterocycles. The quantitative estimate of drug-likeness (QED) is 0.682. The van der Waals surface area contributed by atoms with Crippen LogP contribution in [0.4, 0.5) is 0 Å². The van der Waals surface area contributed by atoms with Crippen LogP contribution < -0.4 is 5.43 Å². The number of rotatable bonds is 3. The molecule has 4 unspecified atom stereocenters. The number of carbonyl (C=O) groups excluding carboxylic acids is 2. The lowest BCUT2D eigenvalue weighted by Gasteiger charge is -2.18. The van der Waals surface area contributed by atoms with Crippen molar-refractivity contribution in [2.45, 2.75) is 13.0 Å². The first-order chi connectivity index (χ1) is 10.6. The van der Waals surface area contributed by atoms with Crippen molar-refractivity contribution in [3.8, 4) is 0 Å². The number of nitrogens with zero attached hydrogens (tertiary/aromatic N) is 1. The van der Waals surface area contributed by atoms with Crippen LogP contribution in [0, 0.1) is 23.7 Å². The normalized spacial score (nSPS) is 32.2. The van der Waals surface area contributed by atoms with Crippen molar-refractivity contribution in [1.29, 1.82) is 0 Å². The third kappa shape index (κ3) is 2.02. The number of halogens is 2. The Balaban J connectivity index is 1.49. The first kappa shape index (κ1) is 14.2. The zero-order valence-electron chi connectivity index (χ0n) is 11.6. The lowest BCUT2D eigenvalue weighted by Crippen LogP contribution is -2.43. The maximum absolute atomic E-state index is 12.5. The molecule has 1 aromatic carbocycles. The van der Waals surface area contributed by atoms with Crippen LogP contribution >= 0.6 is 23.2 Å². The molecule has 2 fully saturated rings. The number of imide groups is 1. The number of hydrazine groups is 1. The van der Waals surface area contributed by atoms with Crippen molar-refractivity contribution in [2.24, 2.45) is 23.7 Å². The molecule has 0 radical (unpaired) electrons. The minimum Gasteiger partial charge on any atom is -0.273 e. The van der Waals surface area contributed by atoms with E-state index in [1.54, 1.807) is 12.1 Å². The molecule has 1 heterocycles. The van der Waals surface area contributed by atoms with Crippen LogP contribution in [0.5, 0.6) is 0 Å². The fourth-order valence-corrected chi connectivity index (χ4v) is 4.20. The molecular formula is C16H14Cl2N2O2. The van der Waals surface area contributed by atoms with Crippen molar-refractivity contribution in [3.63, 3.8) is 0 Å². The zero-order valence-corrected chi connectivity index (χ0v) is 13.1. The van der Waals surface area contributed by atoms with Gasteiger partial charge in [0, 0.05) is 6.54 Å². The summed E-state index contributed by atoms with van der Waals surface area (Å²) in [5, 5.41) is 2.14. The second-order valence-electron chi connectivity index (χ2n) is 6.10. The van der Waals surface area contributed by atoms with Gasteiger partial charge in [-0.25, -0.2) is 10.4 Å². The smallest absolute Gasteiger partial charge is 0.248 e. The number of allylic oxidation sites excluding steroid dienone is 2. The monoisotopic (exact) mass is 336 g/mol. The number of benzene rings is 1. The second kappa shape index (κ2) is 5.08. The molecule has 22 heavy (non-hydrogen) atoms. The van der Waals surface area contributed by atoms with E-state index in [4.69, 9.17) is 23.2 Å².